The maximum atomic E-state index is 13.3. The zero-order chi connectivity index (χ0) is 15.1. The van der Waals surface area contributed by atoms with Crippen LogP contribution in [0.4, 0.5) is 4.39 Å². The first-order valence-corrected chi connectivity index (χ1v) is 7.82. The molecule has 0 saturated heterocycles. The number of hydrogen-bond acceptors (Lipinski definition) is 3. The van der Waals surface area contributed by atoms with Gasteiger partial charge in [0, 0.05) is 19.1 Å². The minimum absolute atomic E-state index is 0.138. The van der Waals surface area contributed by atoms with Crippen LogP contribution in [0, 0.1) is 5.82 Å². The SMILES string of the molecule is CCN(CCCN(C)C)C(CN)c1ccc(F)c(Br)c1. The van der Waals surface area contributed by atoms with Crippen LogP contribution in [-0.2, 0) is 0 Å². The van der Waals surface area contributed by atoms with Gasteiger partial charge in [-0.3, -0.25) is 4.90 Å². The highest BCUT2D eigenvalue weighted by Crippen LogP contribution is 2.25. The summed E-state index contributed by atoms with van der Waals surface area (Å²) in [5.74, 6) is -0.236. The van der Waals surface area contributed by atoms with Crippen LogP contribution in [0.25, 0.3) is 0 Å². The maximum Gasteiger partial charge on any atom is 0.137 e. The molecule has 0 aliphatic rings. The maximum absolute atomic E-state index is 13.3. The molecule has 0 spiro atoms. The molecule has 20 heavy (non-hydrogen) atoms. The molecule has 0 heterocycles. The second-order valence-corrected chi connectivity index (χ2v) is 6.06. The topological polar surface area (TPSA) is 32.5 Å². The number of nitrogens with two attached hydrogens (primary N) is 1. The quantitative estimate of drug-likeness (QED) is 0.786. The normalized spacial score (nSPS) is 13.2. The average Bonchev–Trinajstić information content (AvgIpc) is 2.41. The summed E-state index contributed by atoms with van der Waals surface area (Å²) in [7, 11) is 4.15. The summed E-state index contributed by atoms with van der Waals surface area (Å²) in [6, 6.07) is 5.29. The van der Waals surface area contributed by atoms with Crippen LogP contribution in [-0.4, -0.2) is 50.1 Å². The van der Waals surface area contributed by atoms with E-state index in [0.29, 0.717) is 11.0 Å². The van der Waals surface area contributed by atoms with E-state index in [4.69, 9.17) is 5.73 Å². The molecule has 0 aromatic heterocycles. The van der Waals surface area contributed by atoms with E-state index < -0.39 is 0 Å². The molecule has 2 N–H and O–H groups in total. The Morgan fingerprint density at radius 2 is 2.00 bits per heavy atom. The lowest BCUT2D eigenvalue weighted by Gasteiger charge is -2.30. The minimum Gasteiger partial charge on any atom is -0.329 e. The van der Waals surface area contributed by atoms with Crippen molar-refractivity contribution in [3.8, 4) is 0 Å². The van der Waals surface area contributed by atoms with Gasteiger partial charge >= 0.3 is 0 Å². The fourth-order valence-corrected chi connectivity index (χ4v) is 2.74. The molecule has 1 aromatic carbocycles. The minimum atomic E-state index is -0.236. The summed E-state index contributed by atoms with van der Waals surface area (Å²) in [6.07, 6.45) is 1.10. The zero-order valence-corrected chi connectivity index (χ0v) is 14.2. The monoisotopic (exact) mass is 345 g/mol. The van der Waals surface area contributed by atoms with Crippen molar-refractivity contribution in [1.82, 2.24) is 9.80 Å². The third-order valence-corrected chi connectivity index (χ3v) is 4.06. The van der Waals surface area contributed by atoms with E-state index >= 15 is 0 Å². The van der Waals surface area contributed by atoms with Crippen molar-refractivity contribution in [2.75, 3.05) is 40.3 Å². The van der Waals surface area contributed by atoms with Gasteiger partial charge in [0.05, 0.1) is 4.47 Å². The van der Waals surface area contributed by atoms with Crippen LogP contribution in [0.5, 0.6) is 0 Å². The number of likely N-dealkylation sites (N-methyl/N-ethyl adjacent to an activating group) is 1. The molecule has 0 amide bonds. The Morgan fingerprint density at radius 3 is 2.50 bits per heavy atom. The molecular formula is C15H25BrFN3. The van der Waals surface area contributed by atoms with E-state index in [2.05, 4.69) is 46.7 Å². The Kier molecular flexibility index (Phi) is 7.66. The van der Waals surface area contributed by atoms with Crippen molar-refractivity contribution >= 4 is 15.9 Å². The third-order valence-electron chi connectivity index (χ3n) is 3.45. The van der Waals surface area contributed by atoms with Crippen LogP contribution in [0.3, 0.4) is 0 Å². The lowest BCUT2D eigenvalue weighted by Crippen LogP contribution is -2.35. The first-order valence-electron chi connectivity index (χ1n) is 7.03. The standard InChI is InChI=1S/C15H25BrFN3/c1-4-20(9-5-8-19(2)3)15(11-18)12-6-7-14(17)13(16)10-12/h6-7,10,15H,4-5,8-9,11,18H2,1-3H3. The van der Waals surface area contributed by atoms with E-state index in [1.165, 1.54) is 6.07 Å². The van der Waals surface area contributed by atoms with Crippen molar-refractivity contribution in [3.63, 3.8) is 0 Å². The highest BCUT2D eigenvalue weighted by molar-refractivity contribution is 9.10. The number of hydrogen-bond donors (Lipinski definition) is 1. The van der Waals surface area contributed by atoms with E-state index in [-0.39, 0.29) is 11.9 Å². The summed E-state index contributed by atoms with van der Waals surface area (Å²) in [6.45, 7) is 5.65. The first-order chi connectivity index (χ1) is 9.49. The Morgan fingerprint density at radius 1 is 1.30 bits per heavy atom. The Labute approximate surface area is 130 Å². The van der Waals surface area contributed by atoms with E-state index in [9.17, 15) is 4.39 Å². The number of nitrogens with zero attached hydrogens (tertiary/aromatic N) is 2. The molecule has 1 rings (SSSR count). The van der Waals surface area contributed by atoms with Gasteiger partial charge in [-0.15, -0.1) is 0 Å². The fourth-order valence-electron chi connectivity index (χ4n) is 2.34. The molecule has 5 heteroatoms. The fraction of sp³-hybridized carbons (Fsp3) is 0.600. The summed E-state index contributed by atoms with van der Waals surface area (Å²) in [5, 5.41) is 0. The molecule has 0 aliphatic heterocycles. The van der Waals surface area contributed by atoms with Gasteiger partial charge in [0.1, 0.15) is 5.82 Å². The third kappa shape index (κ3) is 5.13. The van der Waals surface area contributed by atoms with Gasteiger partial charge in [-0.05, 0) is 67.2 Å². The van der Waals surface area contributed by atoms with Crippen molar-refractivity contribution in [2.24, 2.45) is 5.73 Å². The van der Waals surface area contributed by atoms with E-state index in [0.717, 1.165) is 31.6 Å². The van der Waals surface area contributed by atoms with Crippen LogP contribution in [0.15, 0.2) is 22.7 Å². The van der Waals surface area contributed by atoms with Crippen LogP contribution in [0.2, 0.25) is 0 Å². The number of rotatable bonds is 8. The summed E-state index contributed by atoms with van der Waals surface area (Å²) in [5.41, 5.74) is 7.00. The Hall–Kier alpha value is -0.490. The largest absolute Gasteiger partial charge is 0.329 e. The number of benzene rings is 1. The van der Waals surface area contributed by atoms with Gasteiger partial charge in [0.25, 0.3) is 0 Å². The second kappa shape index (κ2) is 8.72. The number of halogens is 2. The summed E-state index contributed by atoms with van der Waals surface area (Å²) in [4.78, 5) is 4.53. The van der Waals surface area contributed by atoms with Gasteiger partial charge in [0.15, 0.2) is 0 Å². The summed E-state index contributed by atoms with van der Waals surface area (Å²) < 4.78 is 13.8. The lowest BCUT2D eigenvalue weighted by molar-refractivity contribution is 0.201. The predicted molar refractivity (Wildman–Crippen MR) is 86.3 cm³/mol. The van der Waals surface area contributed by atoms with Crippen molar-refractivity contribution in [1.29, 1.82) is 0 Å². The van der Waals surface area contributed by atoms with Gasteiger partial charge < -0.3 is 10.6 Å². The highest BCUT2D eigenvalue weighted by Gasteiger charge is 2.18. The molecule has 0 bridgehead atoms. The summed E-state index contributed by atoms with van der Waals surface area (Å²) >= 11 is 3.25. The van der Waals surface area contributed by atoms with Gasteiger partial charge in [-0.2, -0.15) is 0 Å². The lowest BCUT2D eigenvalue weighted by atomic mass is 10.0. The Balaban J connectivity index is 2.77. The van der Waals surface area contributed by atoms with Crippen molar-refractivity contribution in [2.45, 2.75) is 19.4 Å². The van der Waals surface area contributed by atoms with Crippen LogP contribution < -0.4 is 5.73 Å². The van der Waals surface area contributed by atoms with Gasteiger partial charge in [-0.1, -0.05) is 13.0 Å². The van der Waals surface area contributed by atoms with Gasteiger partial charge in [-0.25, -0.2) is 4.39 Å². The highest BCUT2D eigenvalue weighted by atomic mass is 79.9. The zero-order valence-electron chi connectivity index (χ0n) is 12.6. The average molecular weight is 346 g/mol. The molecule has 0 radical (unpaired) electrons. The van der Waals surface area contributed by atoms with Crippen molar-refractivity contribution < 1.29 is 4.39 Å². The van der Waals surface area contributed by atoms with E-state index in [1.54, 1.807) is 0 Å². The van der Waals surface area contributed by atoms with Gasteiger partial charge in [0.2, 0.25) is 0 Å². The van der Waals surface area contributed by atoms with Crippen molar-refractivity contribution in [3.05, 3.63) is 34.1 Å². The first kappa shape index (κ1) is 17.6. The van der Waals surface area contributed by atoms with Crippen LogP contribution in [0.1, 0.15) is 24.9 Å². The van der Waals surface area contributed by atoms with E-state index in [1.807, 2.05) is 12.1 Å². The smallest absolute Gasteiger partial charge is 0.137 e. The molecule has 1 aromatic rings. The molecule has 0 aliphatic carbocycles. The molecular weight excluding hydrogens is 321 g/mol. The molecule has 114 valence electrons. The Bertz CT molecular complexity index is 412. The second-order valence-electron chi connectivity index (χ2n) is 5.21. The molecule has 1 unspecified atom stereocenters. The molecule has 3 nitrogen and oxygen atoms in total. The molecule has 1 atom stereocenters. The predicted octanol–water partition coefficient (Wildman–Crippen LogP) is 2.86. The molecule has 0 saturated carbocycles. The molecule has 0 fully saturated rings. The van der Waals surface area contributed by atoms with Crippen LogP contribution >= 0.6 is 15.9 Å².